The van der Waals surface area contributed by atoms with Crippen LogP contribution in [-0.4, -0.2) is 32.6 Å². The van der Waals surface area contributed by atoms with Crippen molar-refractivity contribution < 1.29 is 9.84 Å². The topological polar surface area (TPSA) is 50.5 Å². The van der Waals surface area contributed by atoms with Crippen molar-refractivity contribution in [2.75, 3.05) is 13.1 Å². The fourth-order valence-corrected chi connectivity index (χ4v) is 3.80. The first-order valence-electron chi connectivity index (χ1n) is 9.86. The van der Waals surface area contributed by atoms with Crippen LogP contribution in [0.4, 0.5) is 0 Å². The number of aromatic hydroxyl groups is 1. The minimum atomic E-state index is 0.341. The zero-order chi connectivity index (χ0) is 19.3. The summed E-state index contributed by atoms with van der Waals surface area (Å²) in [6.07, 6.45) is 6.03. The monoisotopic (exact) mass is 377 g/mol. The van der Waals surface area contributed by atoms with E-state index >= 15 is 0 Å². The largest absolute Gasteiger partial charge is 0.508 e. The number of hydrogen-bond donors (Lipinski definition) is 1. The highest BCUT2D eigenvalue weighted by Crippen LogP contribution is 2.29. The smallest absolute Gasteiger partial charge is 0.146 e. The highest BCUT2D eigenvalue weighted by Gasteiger charge is 2.20. The van der Waals surface area contributed by atoms with Gasteiger partial charge in [-0.2, -0.15) is 0 Å². The molecule has 0 atom stereocenters. The number of aromatic nitrogens is 2. The zero-order valence-corrected chi connectivity index (χ0v) is 16.3. The third-order valence-corrected chi connectivity index (χ3v) is 5.57. The second kappa shape index (κ2) is 8.48. The van der Waals surface area contributed by atoms with E-state index in [1.807, 2.05) is 29.9 Å². The van der Waals surface area contributed by atoms with Crippen LogP contribution in [0, 0.1) is 0 Å². The van der Waals surface area contributed by atoms with Crippen molar-refractivity contribution in [1.82, 2.24) is 14.5 Å². The van der Waals surface area contributed by atoms with E-state index in [1.54, 1.807) is 18.3 Å². The van der Waals surface area contributed by atoms with E-state index in [9.17, 15) is 5.11 Å². The first kappa shape index (κ1) is 18.6. The first-order valence-corrected chi connectivity index (χ1v) is 9.86. The lowest BCUT2D eigenvalue weighted by molar-refractivity contribution is 0.204. The summed E-state index contributed by atoms with van der Waals surface area (Å²) in [4.78, 5) is 6.79. The molecule has 4 rings (SSSR count). The van der Waals surface area contributed by atoms with Gasteiger partial charge in [0.2, 0.25) is 0 Å². The van der Waals surface area contributed by atoms with Crippen LogP contribution in [-0.2, 0) is 20.2 Å². The SMILES string of the molecule is Cn1ccnc1COc1ccc(CN2CCC(c3ccc(O)cc3)CC2)cc1. The van der Waals surface area contributed by atoms with E-state index in [1.165, 1.54) is 11.1 Å². The van der Waals surface area contributed by atoms with Crippen molar-refractivity contribution in [2.24, 2.45) is 7.05 Å². The Morgan fingerprint density at radius 1 is 1.04 bits per heavy atom. The Morgan fingerprint density at radius 2 is 1.75 bits per heavy atom. The van der Waals surface area contributed by atoms with E-state index < -0.39 is 0 Å². The Morgan fingerprint density at radius 3 is 2.39 bits per heavy atom. The second-order valence-corrected chi connectivity index (χ2v) is 7.53. The van der Waals surface area contributed by atoms with Crippen LogP contribution in [0.3, 0.4) is 0 Å². The number of phenols is 1. The predicted molar refractivity (Wildman–Crippen MR) is 109 cm³/mol. The van der Waals surface area contributed by atoms with Crippen LogP contribution in [0.5, 0.6) is 11.5 Å². The van der Waals surface area contributed by atoms with Crippen LogP contribution in [0.2, 0.25) is 0 Å². The Hall–Kier alpha value is -2.79. The summed E-state index contributed by atoms with van der Waals surface area (Å²) < 4.78 is 7.80. The van der Waals surface area contributed by atoms with Crippen LogP contribution >= 0.6 is 0 Å². The fourth-order valence-electron chi connectivity index (χ4n) is 3.80. The molecular formula is C23H27N3O2. The third-order valence-electron chi connectivity index (χ3n) is 5.57. The number of nitrogens with zero attached hydrogens (tertiary/aromatic N) is 3. The number of aryl methyl sites for hydroxylation is 1. The molecule has 3 aromatic rings. The highest BCUT2D eigenvalue weighted by atomic mass is 16.5. The number of likely N-dealkylation sites (tertiary alicyclic amines) is 1. The number of benzene rings is 2. The van der Waals surface area contributed by atoms with Gasteiger partial charge in [-0.3, -0.25) is 4.90 Å². The van der Waals surface area contributed by atoms with E-state index in [-0.39, 0.29) is 0 Å². The Kier molecular flexibility index (Phi) is 5.63. The molecule has 1 fully saturated rings. The molecule has 2 heterocycles. The number of piperidine rings is 1. The summed E-state index contributed by atoms with van der Waals surface area (Å²) in [6, 6.07) is 16.1. The molecule has 0 bridgehead atoms. The van der Waals surface area contributed by atoms with Gasteiger partial charge in [-0.25, -0.2) is 4.98 Å². The Bertz CT molecular complexity index is 879. The van der Waals surface area contributed by atoms with Crippen molar-refractivity contribution >= 4 is 0 Å². The van der Waals surface area contributed by atoms with Gasteiger partial charge in [0, 0.05) is 26.0 Å². The van der Waals surface area contributed by atoms with Gasteiger partial charge in [0.1, 0.15) is 23.9 Å². The molecular weight excluding hydrogens is 350 g/mol. The molecule has 28 heavy (non-hydrogen) atoms. The van der Waals surface area contributed by atoms with Crippen molar-refractivity contribution in [3.8, 4) is 11.5 Å². The molecule has 5 heteroatoms. The van der Waals surface area contributed by atoms with Crippen LogP contribution in [0.25, 0.3) is 0 Å². The quantitative estimate of drug-likeness (QED) is 0.703. The summed E-state index contributed by atoms with van der Waals surface area (Å²) in [5.74, 6) is 2.73. The summed E-state index contributed by atoms with van der Waals surface area (Å²) in [7, 11) is 1.97. The molecule has 0 unspecified atom stereocenters. The maximum atomic E-state index is 9.45. The van der Waals surface area contributed by atoms with Gasteiger partial charge in [-0.05, 0) is 67.2 Å². The molecule has 1 aliphatic heterocycles. The number of imidazole rings is 1. The number of hydrogen-bond acceptors (Lipinski definition) is 4. The molecule has 1 saturated heterocycles. The molecule has 5 nitrogen and oxygen atoms in total. The first-order chi connectivity index (χ1) is 13.7. The third kappa shape index (κ3) is 4.54. The minimum Gasteiger partial charge on any atom is -0.508 e. The second-order valence-electron chi connectivity index (χ2n) is 7.53. The van der Waals surface area contributed by atoms with E-state index in [0.717, 1.165) is 44.0 Å². The molecule has 0 aliphatic carbocycles. The molecule has 2 aromatic carbocycles. The number of phenolic OH excluding ortho intramolecular Hbond substituents is 1. The minimum absolute atomic E-state index is 0.341. The van der Waals surface area contributed by atoms with Gasteiger partial charge in [0.15, 0.2) is 0 Å². The number of rotatable bonds is 6. The summed E-state index contributed by atoms with van der Waals surface area (Å²) in [6.45, 7) is 3.65. The lowest BCUT2D eigenvalue weighted by Crippen LogP contribution is -2.32. The van der Waals surface area contributed by atoms with E-state index in [0.29, 0.717) is 18.3 Å². The average molecular weight is 377 g/mol. The van der Waals surface area contributed by atoms with E-state index in [2.05, 4.69) is 34.1 Å². The molecule has 0 radical (unpaired) electrons. The molecule has 0 amide bonds. The summed E-state index contributed by atoms with van der Waals surface area (Å²) in [5.41, 5.74) is 2.65. The van der Waals surface area contributed by atoms with Gasteiger partial charge in [-0.15, -0.1) is 0 Å². The molecule has 146 valence electrons. The maximum absolute atomic E-state index is 9.45. The van der Waals surface area contributed by atoms with Crippen molar-refractivity contribution in [3.05, 3.63) is 77.9 Å². The van der Waals surface area contributed by atoms with Crippen LogP contribution < -0.4 is 4.74 Å². The number of ether oxygens (including phenoxy) is 1. The average Bonchev–Trinajstić information content (AvgIpc) is 3.14. The normalized spacial score (nSPS) is 15.6. The lowest BCUT2D eigenvalue weighted by atomic mass is 9.89. The van der Waals surface area contributed by atoms with E-state index in [4.69, 9.17) is 4.74 Å². The molecule has 1 aliphatic rings. The lowest BCUT2D eigenvalue weighted by Gasteiger charge is -2.32. The van der Waals surface area contributed by atoms with Crippen LogP contribution in [0.1, 0.15) is 35.7 Å². The van der Waals surface area contributed by atoms with Crippen molar-refractivity contribution in [1.29, 1.82) is 0 Å². The zero-order valence-electron chi connectivity index (χ0n) is 16.3. The van der Waals surface area contributed by atoms with Crippen LogP contribution in [0.15, 0.2) is 60.9 Å². The molecule has 1 aromatic heterocycles. The van der Waals surface area contributed by atoms with Crippen molar-refractivity contribution in [2.45, 2.75) is 31.9 Å². The van der Waals surface area contributed by atoms with Crippen molar-refractivity contribution in [3.63, 3.8) is 0 Å². The molecule has 1 N–H and O–H groups in total. The molecule has 0 spiro atoms. The highest BCUT2D eigenvalue weighted by molar-refractivity contribution is 5.29. The summed E-state index contributed by atoms with van der Waals surface area (Å²) in [5, 5.41) is 9.45. The standard InChI is InChI=1S/C23H27N3O2/c1-25-15-12-24-23(25)17-28-22-8-2-18(3-9-22)16-26-13-10-20(11-14-26)19-4-6-21(27)7-5-19/h2-9,12,15,20,27H,10-11,13-14,16-17H2,1H3. The summed E-state index contributed by atoms with van der Waals surface area (Å²) >= 11 is 0. The Balaban J connectivity index is 1.26. The molecule has 0 saturated carbocycles. The van der Waals surface area contributed by atoms with Gasteiger partial charge < -0.3 is 14.4 Å². The van der Waals surface area contributed by atoms with Gasteiger partial charge >= 0.3 is 0 Å². The Labute approximate surface area is 166 Å². The van der Waals surface area contributed by atoms with Gasteiger partial charge in [0.05, 0.1) is 0 Å². The maximum Gasteiger partial charge on any atom is 0.146 e. The van der Waals surface area contributed by atoms with Gasteiger partial charge in [-0.1, -0.05) is 24.3 Å². The fraction of sp³-hybridized carbons (Fsp3) is 0.348. The van der Waals surface area contributed by atoms with Gasteiger partial charge in [0.25, 0.3) is 0 Å². The predicted octanol–water partition coefficient (Wildman–Crippen LogP) is 4.08.